The Hall–Kier alpha value is -1.50. The predicted octanol–water partition coefficient (Wildman–Crippen LogP) is 2.58. The topological polar surface area (TPSA) is 34.6 Å². The molecule has 4 nitrogen and oxygen atoms in total. The molecule has 2 heterocycles. The lowest BCUT2D eigenvalue weighted by Crippen LogP contribution is -2.24. The number of hydrogen-bond acceptors (Lipinski definition) is 4. The van der Waals surface area contributed by atoms with Gasteiger partial charge < -0.3 is 14.4 Å². The van der Waals surface area contributed by atoms with Crippen molar-refractivity contribution >= 4 is 5.82 Å². The Morgan fingerprint density at radius 2 is 2.00 bits per heavy atom. The van der Waals surface area contributed by atoms with Gasteiger partial charge in [-0.15, -0.1) is 13.2 Å². The number of pyridine rings is 1. The van der Waals surface area contributed by atoms with Crippen molar-refractivity contribution in [3.63, 3.8) is 0 Å². The number of halogens is 3. The lowest BCUT2D eigenvalue weighted by molar-refractivity contribution is -0.276. The SMILES string of the molecule is COCc1ccc(N2CC3CC3C2)nc1OC(F)(F)F. The van der Waals surface area contributed by atoms with E-state index < -0.39 is 12.2 Å². The van der Waals surface area contributed by atoms with Crippen LogP contribution in [-0.4, -0.2) is 31.5 Å². The molecule has 0 aromatic carbocycles. The molecule has 1 aliphatic carbocycles. The van der Waals surface area contributed by atoms with E-state index in [0.717, 1.165) is 13.1 Å². The second-order valence-electron chi connectivity index (χ2n) is 5.28. The van der Waals surface area contributed by atoms with Gasteiger partial charge in [-0.1, -0.05) is 0 Å². The number of methoxy groups -OCH3 is 1. The van der Waals surface area contributed by atoms with Gasteiger partial charge in [0.05, 0.1) is 6.61 Å². The van der Waals surface area contributed by atoms with Gasteiger partial charge in [-0.25, -0.2) is 0 Å². The van der Waals surface area contributed by atoms with Crippen LogP contribution in [0, 0.1) is 11.8 Å². The Labute approximate surface area is 114 Å². The van der Waals surface area contributed by atoms with Crippen LogP contribution in [0.15, 0.2) is 12.1 Å². The molecule has 1 aromatic heterocycles. The maximum Gasteiger partial charge on any atom is 0.574 e. The van der Waals surface area contributed by atoms with Gasteiger partial charge in [0.1, 0.15) is 5.82 Å². The van der Waals surface area contributed by atoms with Crippen LogP contribution in [0.4, 0.5) is 19.0 Å². The van der Waals surface area contributed by atoms with Crippen molar-refractivity contribution in [2.45, 2.75) is 19.4 Å². The van der Waals surface area contributed by atoms with Gasteiger partial charge in [0, 0.05) is 25.8 Å². The highest BCUT2D eigenvalue weighted by molar-refractivity contribution is 5.46. The molecule has 1 aromatic rings. The molecule has 2 fully saturated rings. The molecule has 0 bridgehead atoms. The monoisotopic (exact) mass is 288 g/mol. The maximum absolute atomic E-state index is 12.4. The summed E-state index contributed by atoms with van der Waals surface area (Å²) in [6, 6.07) is 3.30. The number of ether oxygens (including phenoxy) is 2. The van der Waals surface area contributed by atoms with E-state index in [4.69, 9.17) is 4.74 Å². The van der Waals surface area contributed by atoms with Crippen molar-refractivity contribution in [2.75, 3.05) is 25.1 Å². The fraction of sp³-hybridized carbons (Fsp3) is 0.615. The van der Waals surface area contributed by atoms with Gasteiger partial charge in [-0.05, 0) is 30.4 Å². The first kappa shape index (κ1) is 13.5. The van der Waals surface area contributed by atoms with Gasteiger partial charge in [0.15, 0.2) is 0 Å². The van der Waals surface area contributed by atoms with Gasteiger partial charge in [0.25, 0.3) is 0 Å². The summed E-state index contributed by atoms with van der Waals surface area (Å²) in [4.78, 5) is 6.03. The fourth-order valence-corrected chi connectivity index (χ4v) is 2.68. The van der Waals surface area contributed by atoms with E-state index in [0.29, 0.717) is 17.7 Å². The molecule has 1 saturated carbocycles. The van der Waals surface area contributed by atoms with Crippen LogP contribution in [0.2, 0.25) is 0 Å². The Bertz CT molecular complexity index is 497. The van der Waals surface area contributed by atoms with Crippen molar-refractivity contribution in [3.05, 3.63) is 17.7 Å². The summed E-state index contributed by atoms with van der Waals surface area (Å²) in [5, 5.41) is 0. The second-order valence-corrected chi connectivity index (χ2v) is 5.28. The van der Waals surface area contributed by atoms with Crippen LogP contribution in [0.3, 0.4) is 0 Å². The van der Waals surface area contributed by atoms with Gasteiger partial charge in [0.2, 0.25) is 5.88 Å². The molecular formula is C13H15F3N2O2. The van der Waals surface area contributed by atoms with E-state index in [1.807, 2.05) is 4.90 Å². The zero-order chi connectivity index (χ0) is 14.3. The van der Waals surface area contributed by atoms with Crippen molar-refractivity contribution in [1.29, 1.82) is 0 Å². The Kier molecular flexibility index (Phi) is 3.24. The molecule has 1 aliphatic heterocycles. The largest absolute Gasteiger partial charge is 0.574 e. The van der Waals surface area contributed by atoms with Crippen molar-refractivity contribution in [2.24, 2.45) is 11.8 Å². The normalized spacial score (nSPS) is 24.7. The minimum atomic E-state index is -4.75. The molecule has 2 aliphatic rings. The average molecular weight is 288 g/mol. The quantitative estimate of drug-likeness (QED) is 0.853. The lowest BCUT2D eigenvalue weighted by Gasteiger charge is -2.21. The summed E-state index contributed by atoms with van der Waals surface area (Å²) < 4.78 is 46.1. The molecular weight excluding hydrogens is 273 g/mol. The van der Waals surface area contributed by atoms with Crippen LogP contribution >= 0.6 is 0 Å². The van der Waals surface area contributed by atoms with E-state index in [9.17, 15) is 13.2 Å². The van der Waals surface area contributed by atoms with Crippen LogP contribution < -0.4 is 9.64 Å². The predicted molar refractivity (Wildman–Crippen MR) is 65.4 cm³/mol. The van der Waals surface area contributed by atoms with Crippen LogP contribution in [0.1, 0.15) is 12.0 Å². The number of alkyl halides is 3. The standard InChI is InChI=1S/C13H15F3N2O2/c1-19-7-8-2-3-11(17-12(8)20-13(14,15)16)18-5-9-4-10(9)6-18/h2-3,9-10H,4-7H2,1H3. The Morgan fingerprint density at radius 3 is 2.60 bits per heavy atom. The zero-order valence-corrected chi connectivity index (χ0v) is 11.0. The number of rotatable bonds is 4. The summed E-state index contributed by atoms with van der Waals surface area (Å²) in [7, 11) is 1.42. The summed E-state index contributed by atoms with van der Waals surface area (Å²) in [6.45, 7) is 1.77. The van der Waals surface area contributed by atoms with E-state index in [1.165, 1.54) is 13.5 Å². The van der Waals surface area contributed by atoms with Gasteiger partial charge >= 0.3 is 6.36 Å². The number of anilines is 1. The number of fused-ring (bicyclic) bond motifs is 1. The van der Waals surface area contributed by atoms with Gasteiger partial charge in [-0.2, -0.15) is 4.98 Å². The second kappa shape index (κ2) is 4.80. The molecule has 2 unspecified atom stereocenters. The lowest BCUT2D eigenvalue weighted by atomic mass is 10.2. The smallest absolute Gasteiger partial charge is 0.387 e. The minimum Gasteiger partial charge on any atom is -0.387 e. The number of nitrogens with zero attached hydrogens (tertiary/aromatic N) is 2. The number of hydrogen-bond donors (Lipinski definition) is 0. The summed E-state index contributed by atoms with van der Waals surface area (Å²) in [6.07, 6.45) is -3.52. The third kappa shape index (κ3) is 2.82. The molecule has 2 atom stereocenters. The third-order valence-corrected chi connectivity index (χ3v) is 3.74. The van der Waals surface area contributed by atoms with Gasteiger partial charge in [-0.3, -0.25) is 0 Å². The Balaban J connectivity index is 1.83. The Morgan fingerprint density at radius 1 is 1.30 bits per heavy atom. The molecule has 0 spiro atoms. The third-order valence-electron chi connectivity index (χ3n) is 3.74. The van der Waals surface area contributed by atoms with E-state index in [1.54, 1.807) is 12.1 Å². The fourth-order valence-electron chi connectivity index (χ4n) is 2.68. The van der Waals surface area contributed by atoms with Crippen molar-refractivity contribution in [3.8, 4) is 5.88 Å². The maximum atomic E-state index is 12.4. The van der Waals surface area contributed by atoms with E-state index in [-0.39, 0.29) is 12.2 Å². The first-order valence-corrected chi connectivity index (χ1v) is 6.46. The van der Waals surface area contributed by atoms with Crippen molar-refractivity contribution < 1.29 is 22.6 Å². The molecule has 0 N–H and O–H groups in total. The first-order valence-electron chi connectivity index (χ1n) is 6.46. The molecule has 0 radical (unpaired) electrons. The zero-order valence-electron chi connectivity index (χ0n) is 11.0. The first-order chi connectivity index (χ1) is 9.46. The number of aromatic nitrogens is 1. The highest BCUT2D eigenvalue weighted by Crippen LogP contribution is 2.46. The highest BCUT2D eigenvalue weighted by atomic mass is 19.4. The molecule has 0 amide bonds. The summed E-state index contributed by atoms with van der Waals surface area (Å²) in [5.74, 6) is 1.48. The van der Waals surface area contributed by atoms with E-state index >= 15 is 0 Å². The number of piperidine rings is 1. The molecule has 1 saturated heterocycles. The molecule has 20 heavy (non-hydrogen) atoms. The van der Waals surface area contributed by atoms with Crippen LogP contribution in [0.25, 0.3) is 0 Å². The summed E-state index contributed by atoms with van der Waals surface area (Å²) in [5.41, 5.74) is 0.290. The summed E-state index contributed by atoms with van der Waals surface area (Å²) >= 11 is 0. The van der Waals surface area contributed by atoms with Crippen LogP contribution in [0.5, 0.6) is 5.88 Å². The minimum absolute atomic E-state index is 0.0317. The average Bonchev–Trinajstić information content (AvgIpc) is 2.97. The van der Waals surface area contributed by atoms with E-state index in [2.05, 4.69) is 9.72 Å². The molecule has 7 heteroatoms. The highest BCUT2D eigenvalue weighted by Gasteiger charge is 2.45. The van der Waals surface area contributed by atoms with Crippen LogP contribution in [-0.2, 0) is 11.3 Å². The molecule has 110 valence electrons. The molecule has 3 rings (SSSR count). The van der Waals surface area contributed by atoms with Crippen molar-refractivity contribution in [1.82, 2.24) is 4.98 Å².